The molecule has 2 nitrogen and oxygen atoms in total. The average molecular weight is 507 g/mol. The number of anilines is 1. The van der Waals surface area contributed by atoms with Crippen molar-refractivity contribution in [2.45, 2.75) is 13.5 Å². The van der Waals surface area contributed by atoms with Crippen molar-refractivity contribution < 1.29 is 22.3 Å². The van der Waals surface area contributed by atoms with Gasteiger partial charge in [0, 0.05) is 27.9 Å². The lowest BCUT2D eigenvalue weighted by Gasteiger charge is -2.30. The lowest BCUT2D eigenvalue weighted by molar-refractivity contribution is 0.204. The van der Waals surface area contributed by atoms with Crippen molar-refractivity contribution in [1.82, 2.24) is 0 Å². The monoisotopic (exact) mass is 505 g/mol. The van der Waals surface area contributed by atoms with Crippen molar-refractivity contribution in [2.75, 3.05) is 11.4 Å². The maximum absolute atomic E-state index is 14.3. The molecule has 8 heteroatoms. The van der Waals surface area contributed by atoms with Crippen LogP contribution in [0.2, 0.25) is 0 Å². The molecule has 0 radical (unpaired) electrons. The van der Waals surface area contributed by atoms with Crippen LogP contribution in [0.5, 0.6) is 0 Å². The first kappa shape index (κ1) is 19.9. The molecule has 3 rings (SSSR count). The van der Waals surface area contributed by atoms with Gasteiger partial charge in [-0.05, 0) is 47.1 Å². The third-order valence-electron chi connectivity index (χ3n) is 3.98. The molecule has 0 spiro atoms. The van der Waals surface area contributed by atoms with Crippen LogP contribution >= 0.6 is 31.9 Å². The summed E-state index contributed by atoms with van der Waals surface area (Å²) in [7, 11) is 0. The van der Waals surface area contributed by atoms with Crippen LogP contribution in [0.1, 0.15) is 12.5 Å². The molecule has 1 aliphatic rings. The summed E-state index contributed by atoms with van der Waals surface area (Å²) in [4.78, 5) is 1.46. The molecular formula is C19H13Br2F4NO. The fraction of sp³-hybridized carbons (Fsp3) is 0.158. The van der Waals surface area contributed by atoms with Gasteiger partial charge in [0.1, 0.15) is 29.7 Å². The first-order valence-electron chi connectivity index (χ1n) is 7.82. The second kappa shape index (κ2) is 8.06. The van der Waals surface area contributed by atoms with E-state index in [9.17, 15) is 17.6 Å². The van der Waals surface area contributed by atoms with E-state index in [0.29, 0.717) is 20.4 Å². The molecule has 0 fully saturated rings. The van der Waals surface area contributed by atoms with Crippen molar-refractivity contribution in [3.63, 3.8) is 0 Å². The van der Waals surface area contributed by atoms with Crippen molar-refractivity contribution in [1.29, 1.82) is 0 Å². The topological polar surface area (TPSA) is 12.5 Å². The molecule has 0 aliphatic carbocycles. The summed E-state index contributed by atoms with van der Waals surface area (Å²) >= 11 is 6.40. The summed E-state index contributed by atoms with van der Waals surface area (Å²) in [5, 5.41) is 0. The molecule has 0 atom stereocenters. The Hall–Kier alpha value is -1.80. The Balaban J connectivity index is 1.80. The van der Waals surface area contributed by atoms with Crippen LogP contribution in [0.4, 0.5) is 23.2 Å². The van der Waals surface area contributed by atoms with Gasteiger partial charge in [-0.2, -0.15) is 0 Å². The van der Waals surface area contributed by atoms with Crippen LogP contribution in [0, 0.1) is 23.3 Å². The largest absolute Gasteiger partial charge is 0.488 e. The van der Waals surface area contributed by atoms with E-state index in [1.807, 2.05) is 0 Å². The molecule has 0 amide bonds. The molecule has 1 heterocycles. The van der Waals surface area contributed by atoms with E-state index in [1.54, 1.807) is 13.0 Å². The second-order valence-corrected chi connectivity index (χ2v) is 7.76. The molecule has 0 aromatic heterocycles. The number of ether oxygens (including phenoxy) is 1. The van der Waals surface area contributed by atoms with Crippen LogP contribution in [0.3, 0.4) is 0 Å². The highest BCUT2D eigenvalue weighted by Crippen LogP contribution is 2.35. The van der Waals surface area contributed by atoms with Crippen molar-refractivity contribution >= 4 is 37.5 Å². The third kappa shape index (κ3) is 4.38. The predicted octanol–water partition coefficient (Wildman–Crippen LogP) is 6.55. The van der Waals surface area contributed by atoms with Crippen LogP contribution in [0.25, 0.3) is 0 Å². The SMILES string of the molecule is CC1=CC(OCc2ccc(F)cc2F)=C(Br)CN1c1c(F)cc(Br)cc1F. The van der Waals surface area contributed by atoms with Gasteiger partial charge >= 0.3 is 0 Å². The lowest BCUT2D eigenvalue weighted by atomic mass is 10.2. The van der Waals surface area contributed by atoms with E-state index >= 15 is 0 Å². The molecule has 0 bridgehead atoms. The Labute approximate surface area is 170 Å². The van der Waals surface area contributed by atoms with Gasteiger partial charge < -0.3 is 9.64 Å². The molecule has 0 saturated carbocycles. The first-order valence-corrected chi connectivity index (χ1v) is 9.40. The number of allylic oxidation sites excluding steroid dienone is 2. The summed E-state index contributed by atoms with van der Waals surface area (Å²) in [6.07, 6.45) is 1.59. The van der Waals surface area contributed by atoms with Gasteiger partial charge in [0.25, 0.3) is 0 Å². The minimum Gasteiger partial charge on any atom is -0.488 e. The number of halogens is 6. The van der Waals surface area contributed by atoms with Gasteiger partial charge in [-0.25, -0.2) is 17.6 Å². The zero-order chi connectivity index (χ0) is 19.7. The molecule has 0 N–H and O–H groups in total. The molecule has 1 aliphatic heterocycles. The number of hydrogen-bond donors (Lipinski definition) is 0. The van der Waals surface area contributed by atoms with Gasteiger partial charge in [0.2, 0.25) is 0 Å². The van der Waals surface area contributed by atoms with Gasteiger partial charge in [-0.15, -0.1) is 0 Å². The number of nitrogens with zero attached hydrogens (tertiary/aromatic N) is 1. The zero-order valence-electron chi connectivity index (χ0n) is 14.0. The lowest BCUT2D eigenvalue weighted by Crippen LogP contribution is -2.28. The standard InChI is InChI=1S/C19H13Br2F4NO/c1-10-4-18(27-9-11-2-3-13(22)7-15(11)23)14(21)8-26(10)19-16(24)5-12(20)6-17(19)25/h2-7H,8-9H2,1H3. The zero-order valence-corrected chi connectivity index (χ0v) is 17.2. The van der Waals surface area contributed by atoms with Gasteiger partial charge in [0.15, 0.2) is 11.6 Å². The summed E-state index contributed by atoms with van der Waals surface area (Å²) in [6, 6.07) is 5.61. The Morgan fingerprint density at radius 1 is 1.00 bits per heavy atom. The minimum absolute atomic E-state index is 0.110. The fourth-order valence-electron chi connectivity index (χ4n) is 2.65. The van der Waals surface area contributed by atoms with Gasteiger partial charge in [-0.1, -0.05) is 15.9 Å². The van der Waals surface area contributed by atoms with E-state index in [1.165, 1.54) is 23.1 Å². The number of rotatable bonds is 4. The maximum Gasteiger partial charge on any atom is 0.150 e. The Bertz CT molecular complexity index is 936. The van der Waals surface area contributed by atoms with E-state index < -0.39 is 23.3 Å². The van der Waals surface area contributed by atoms with Crippen LogP contribution in [-0.2, 0) is 11.3 Å². The first-order chi connectivity index (χ1) is 12.8. The van der Waals surface area contributed by atoms with E-state index in [-0.39, 0.29) is 24.4 Å². The van der Waals surface area contributed by atoms with Crippen LogP contribution in [-0.4, -0.2) is 6.54 Å². The smallest absolute Gasteiger partial charge is 0.150 e. The Morgan fingerprint density at radius 3 is 2.30 bits per heavy atom. The number of benzene rings is 2. The highest BCUT2D eigenvalue weighted by atomic mass is 79.9. The minimum atomic E-state index is -0.705. The molecule has 27 heavy (non-hydrogen) atoms. The van der Waals surface area contributed by atoms with Crippen LogP contribution in [0.15, 0.2) is 56.8 Å². The quantitative estimate of drug-likeness (QED) is 0.436. The highest BCUT2D eigenvalue weighted by Gasteiger charge is 2.24. The summed E-state index contributed by atoms with van der Waals surface area (Å²) in [5.74, 6) is -2.37. The Morgan fingerprint density at radius 2 is 1.67 bits per heavy atom. The Kier molecular flexibility index (Phi) is 5.95. The average Bonchev–Trinajstić information content (AvgIpc) is 2.56. The summed E-state index contributed by atoms with van der Waals surface area (Å²) < 4.78 is 61.7. The molecular weight excluding hydrogens is 494 g/mol. The summed E-state index contributed by atoms with van der Waals surface area (Å²) in [6.45, 7) is 1.71. The fourth-order valence-corrected chi connectivity index (χ4v) is 3.53. The molecule has 0 saturated heterocycles. The maximum atomic E-state index is 14.3. The molecule has 142 valence electrons. The van der Waals surface area contributed by atoms with E-state index in [2.05, 4.69) is 31.9 Å². The molecule has 2 aromatic carbocycles. The third-order valence-corrected chi connectivity index (χ3v) is 5.08. The van der Waals surface area contributed by atoms with Crippen LogP contribution < -0.4 is 4.90 Å². The summed E-state index contributed by atoms with van der Waals surface area (Å²) in [5.41, 5.74) is 0.572. The van der Waals surface area contributed by atoms with Crippen molar-refractivity contribution in [3.8, 4) is 0 Å². The number of hydrogen-bond acceptors (Lipinski definition) is 2. The van der Waals surface area contributed by atoms with Gasteiger partial charge in [-0.3, -0.25) is 0 Å². The van der Waals surface area contributed by atoms with E-state index in [4.69, 9.17) is 4.74 Å². The van der Waals surface area contributed by atoms with Crippen molar-refractivity contribution in [3.05, 3.63) is 85.7 Å². The molecule has 0 unspecified atom stereocenters. The van der Waals surface area contributed by atoms with E-state index in [0.717, 1.165) is 12.1 Å². The second-order valence-electron chi connectivity index (χ2n) is 5.88. The van der Waals surface area contributed by atoms with Gasteiger partial charge in [0.05, 0.1) is 11.0 Å². The molecule has 2 aromatic rings. The predicted molar refractivity (Wildman–Crippen MR) is 102 cm³/mol. The normalized spacial score (nSPS) is 14.5. The van der Waals surface area contributed by atoms with Crippen molar-refractivity contribution in [2.24, 2.45) is 0 Å². The highest BCUT2D eigenvalue weighted by molar-refractivity contribution is 9.11.